The summed E-state index contributed by atoms with van der Waals surface area (Å²) in [6.07, 6.45) is 3.25. The Labute approximate surface area is 156 Å². The Bertz CT molecular complexity index is 744. The summed E-state index contributed by atoms with van der Waals surface area (Å²) in [7, 11) is 0. The van der Waals surface area contributed by atoms with Gasteiger partial charge in [0.25, 0.3) is 0 Å². The second-order valence-corrected chi connectivity index (χ2v) is 5.64. The summed E-state index contributed by atoms with van der Waals surface area (Å²) in [5.74, 6) is 11.1. The fraction of sp³-hybridized carbons (Fsp3) is 0.238. The topological polar surface area (TPSA) is 88.8 Å². The van der Waals surface area contributed by atoms with E-state index in [2.05, 4.69) is 24.4 Å². The zero-order chi connectivity index (χ0) is 19.4. The number of nitrogens with zero attached hydrogens (tertiary/aromatic N) is 2. The lowest BCUT2D eigenvalue weighted by molar-refractivity contribution is 1.00. The van der Waals surface area contributed by atoms with Gasteiger partial charge in [-0.15, -0.1) is 0 Å². The van der Waals surface area contributed by atoms with Crippen molar-refractivity contribution in [2.24, 2.45) is 21.8 Å². The van der Waals surface area contributed by atoms with Gasteiger partial charge in [-0.05, 0) is 25.0 Å². The Hall–Kier alpha value is -2.92. The molecule has 0 aliphatic heterocycles. The Balaban J connectivity index is 0.00000105. The Kier molecular flexibility index (Phi) is 9.43. The number of aliphatic imine (C=N–C) groups is 1. The van der Waals surface area contributed by atoms with E-state index in [1.165, 1.54) is 6.42 Å². The maximum absolute atomic E-state index is 5.37. The SMILES string of the molecule is C/C=C(\N=C(C)c1ccc(/C(=N/N)NN)cc1)c1ccccc1.CCC. The van der Waals surface area contributed by atoms with E-state index >= 15 is 0 Å². The van der Waals surface area contributed by atoms with Gasteiger partial charge in [-0.25, -0.2) is 5.84 Å². The number of rotatable bonds is 4. The van der Waals surface area contributed by atoms with Crippen molar-refractivity contribution in [2.75, 3.05) is 0 Å². The van der Waals surface area contributed by atoms with Crippen molar-refractivity contribution in [1.29, 1.82) is 0 Å². The maximum atomic E-state index is 5.37. The third-order valence-electron chi connectivity index (χ3n) is 3.47. The summed E-state index contributed by atoms with van der Waals surface area (Å²) in [5.41, 5.74) is 7.28. The molecule has 2 rings (SSSR count). The normalized spacial score (nSPS) is 12.3. The molecule has 0 spiro atoms. The Morgan fingerprint density at radius 3 is 1.96 bits per heavy atom. The highest BCUT2D eigenvalue weighted by Crippen LogP contribution is 2.17. The van der Waals surface area contributed by atoms with E-state index in [0.29, 0.717) is 5.84 Å². The largest absolute Gasteiger partial charge is 0.321 e. The number of nitrogens with one attached hydrogen (secondary N) is 1. The number of nitrogens with two attached hydrogens (primary N) is 2. The number of benzene rings is 2. The summed E-state index contributed by atoms with van der Waals surface area (Å²) in [4.78, 5) is 4.73. The first kappa shape index (κ1) is 21.1. The predicted molar refractivity (Wildman–Crippen MR) is 113 cm³/mol. The maximum Gasteiger partial charge on any atom is 0.166 e. The van der Waals surface area contributed by atoms with Gasteiger partial charge in [0.1, 0.15) is 0 Å². The van der Waals surface area contributed by atoms with Crippen LogP contribution in [0.4, 0.5) is 0 Å². The molecule has 0 unspecified atom stereocenters. The fourth-order valence-electron chi connectivity index (χ4n) is 2.21. The smallest absolute Gasteiger partial charge is 0.166 e. The van der Waals surface area contributed by atoms with Crippen LogP contribution in [-0.4, -0.2) is 11.5 Å². The molecule has 0 amide bonds. The molecule has 2 aromatic carbocycles. The van der Waals surface area contributed by atoms with Crippen molar-refractivity contribution < 1.29 is 0 Å². The lowest BCUT2D eigenvalue weighted by Gasteiger charge is -2.07. The standard InChI is InChI=1S/C18H21N5.C3H8/c1-3-17(15-7-5-4-6-8-15)21-13(2)14-9-11-16(12-10-14)18(22-19)23-20;1-3-2/h3-12H,19-20H2,1-2H3,(H,22,23);3H2,1-2H3/b17-3-,21-13?;. The highest BCUT2D eigenvalue weighted by molar-refractivity contribution is 6.03. The zero-order valence-electron chi connectivity index (χ0n) is 16.0. The summed E-state index contributed by atoms with van der Waals surface area (Å²) < 4.78 is 0. The van der Waals surface area contributed by atoms with E-state index in [1.807, 2.05) is 74.5 Å². The van der Waals surface area contributed by atoms with Gasteiger partial charge in [0.15, 0.2) is 5.84 Å². The van der Waals surface area contributed by atoms with E-state index in [-0.39, 0.29) is 0 Å². The molecule has 0 aromatic heterocycles. The van der Waals surface area contributed by atoms with Gasteiger partial charge in [0, 0.05) is 11.3 Å². The molecule has 0 saturated heterocycles. The number of hydrazine groups is 1. The molecule has 0 bridgehead atoms. The Morgan fingerprint density at radius 1 is 0.962 bits per heavy atom. The van der Waals surface area contributed by atoms with Gasteiger partial charge < -0.3 is 11.3 Å². The average Bonchev–Trinajstić information content (AvgIpc) is 2.68. The van der Waals surface area contributed by atoms with Crippen LogP contribution >= 0.6 is 0 Å². The molecule has 5 heteroatoms. The minimum Gasteiger partial charge on any atom is -0.321 e. The number of hydrogen-bond acceptors (Lipinski definition) is 4. The predicted octanol–water partition coefficient (Wildman–Crippen LogP) is 4.06. The van der Waals surface area contributed by atoms with Crippen LogP contribution in [0.15, 0.2) is 70.8 Å². The third kappa shape index (κ3) is 6.18. The molecular weight excluding hydrogens is 322 g/mol. The highest BCUT2D eigenvalue weighted by atomic mass is 15.3. The number of amidine groups is 1. The Morgan fingerprint density at radius 2 is 1.50 bits per heavy atom. The second-order valence-electron chi connectivity index (χ2n) is 5.64. The van der Waals surface area contributed by atoms with E-state index in [0.717, 1.165) is 28.1 Å². The van der Waals surface area contributed by atoms with Crippen LogP contribution in [0.5, 0.6) is 0 Å². The quantitative estimate of drug-likeness (QED) is 0.336. The summed E-state index contributed by atoms with van der Waals surface area (Å²) in [6, 6.07) is 17.8. The van der Waals surface area contributed by atoms with E-state index in [4.69, 9.17) is 16.7 Å². The van der Waals surface area contributed by atoms with Gasteiger partial charge in [-0.2, -0.15) is 5.10 Å². The molecule has 0 saturated carbocycles. The molecule has 5 nitrogen and oxygen atoms in total. The van der Waals surface area contributed by atoms with Crippen LogP contribution in [-0.2, 0) is 0 Å². The molecule has 0 fully saturated rings. The molecule has 0 aliphatic rings. The van der Waals surface area contributed by atoms with E-state index in [9.17, 15) is 0 Å². The number of hydrogen-bond donors (Lipinski definition) is 3. The van der Waals surface area contributed by atoms with Crippen molar-refractivity contribution in [2.45, 2.75) is 34.1 Å². The monoisotopic (exact) mass is 351 g/mol. The number of hydrazone groups is 1. The first-order chi connectivity index (χ1) is 12.6. The molecule has 0 atom stereocenters. The molecule has 0 aliphatic carbocycles. The number of allylic oxidation sites excluding steroid dienone is 1. The van der Waals surface area contributed by atoms with Gasteiger partial charge in [-0.3, -0.25) is 4.99 Å². The van der Waals surface area contributed by atoms with Gasteiger partial charge in [-0.1, -0.05) is 80.9 Å². The lowest BCUT2D eigenvalue weighted by Crippen LogP contribution is -2.32. The zero-order valence-corrected chi connectivity index (χ0v) is 16.0. The van der Waals surface area contributed by atoms with Crippen LogP contribution in [0.2, 0.25) is 0 Å². The molecule has 0 radical (unpaired) electrons. The molecule has 2 aromatic rings. The molecular formula is C21H29N5. The lowest BCUT2D eigenvalue weighted by atomic mass is 10.1. The van der Waals surface area contributed by atoms with Crippen LogP contribution in [0, 0.1) is 0 Å². The minimum atomic E-state index is 0.435. The minimum absolute atomic E-state index is 0.435. The fourth-order valence-corrected chi connectivity index (χ4v) is 2.21. The molecule has 0 heterocycles. The summed E-state index contributed by atoms with van der Waals surface area (Å²) >= 11 is 0. The van der Waals surface area contributed by atoms with Crippen LogP contribution < -0.4 is 17.1 Å². The third-order valence-corrected chi connectivity index (χ3v) is 3.47. The summed E-state index contributed by atoms with van der Waals surface area (Å²) in [6.45, 7) is 8.22. The second kappa shape index (κ2) is 11.6. The first-order valence-corrected chi connectivity index (χ1v) is 8.73. The van der Waals surface area contributed by atoms with Crippen LogP contribution in [0.1, 0.15) is 50.8 Å². The van der Waals surface area contributed by atoms with Crippen LogP contribution in [0.3, 0.4) is 0 Å². The van der Waals surface area contributed by atoms with Crippen molar-refractivity contribution in [1.82, 2.24) is 5.43 Å². The van der Waals surface area contributed by atoms with Gasteiger partial charge in [0.2, 0.25) is 0 Å². The molecule has 5 N–H and O–H groups in total. The molecule has 138 valence electrons. The molecule has 26 heavy (non-hydrogen) atoms. The summed E-state index contributed by atoms with van der Waals surface area (Å²) in [5, 5.41) is 3.59. The van der Waals surface area contributed by atoms with Crippen LogP contribution in [0.25, 0.3) is 5.70 Å². The van der Waals surface area contributed by atoms with E-state index < -0.39 is 0 Å². The van der Waals surface area contributed by atoms with Crippen molar-refractivity contribution in [3.8, 4) is 0 Å². The highest BCUT2D eigenvalue weighted by Gasteiger charge is 2.04. The van der Waals surface area contributed by atoms with Crippen molar-refractivity contribution >= 4 is 17.2 Å². The average molecular weight is 351 g/mol. The first-order valence-electron chi connectivity index (χ1n) is 8.73. The van der Waals surface area contributed by atoms with Crippen molar-refractivity contribution in [3.63, 3.8) is 0 Å². The van der Waals surface area contributed by atoms with Gasteiger partial charge >= 0.3 is 0 Å². The van der Waals surface area contributed by atoms with E-state index in [1.54, 1.807) is 0 Å². The van der Waals surface area contributed by atoms with Gasteiger partial charge in [0.05, 0.1) is 5.70 Å². The van der Waals surface area contributed by atoms with Crippen molar-refractivity contribution in [3.05, 3.63) is 77.4 Å².